The lowest BCUT2D eigenvalue weighted by Crippen LogP contribution is -2.19. The summed E-state index contributed by atoms with van der Waals surface area (Å²) in [4.78, 5) is 4.69. The van der Waals surface area contributed by atoms with E-state index in [0.717, 1.165) is 27.9 Å². The van der Waals surface area contributed by atoms with Crippen LogP contribution in [0.4, 0.5) is 0 Å². The molecule has 0 spiro atoms. The maximum absolute atomic E-state index is 8.36. The minimum absolute atomic E-state index is 0.428. The van der Waals surface area contributed by atoms with Crippen LogP contribution in [0.15, 0.2) is 48.5 Å². The molecule has 0 saturated heterocycles. The van der Waals surface area contributed by atoms with Crippen molar-refractivity contribution in [1.29, 1.82) is 5.41 Å². The summed E-state index contributed by atoms with van der Waals surface area (Å²) in [6.45, 7) is 0.874. The number of rotatable bonds is 4. The fourth-order valence-corrected chi connectivity index (χ4v) is 2.90. The molecule has 2 aromatic carbocycles. The number of hydrogen-bond acceptors (Lipinski definition) is 5. The molecule has 3 N–H and O–H groups in total. The van der Waals surface area contributed by atoms with Crippen LogP contribution < -0.4 is 5.73 Å². The first-order chi connectivity index (χ1) is 11.8. The third-order valence-electron chi connectivity index (χ3n) is 3.99. The predicted octanol–water partition coefficient (Wildman–Crippen LogP) is 2.00. The maximum atomic E-state index is 8.36. The molecule has 0 atom stereocenters. The molecule has 0 bridgehead atoms. The van der Waals surface area contributed by atoms with Crippen LogP contribution in [0.5, 0.6) is 0 Å². The van der Waals surface area contributed by atoms with Gasteiger partial charge in [-0.2, -0.15) is 0 Å². The van der Waals surface area contributed by atoms with E-state index in [-0.39, 0.29) is 0 Å². The van der Waals surface area contributed by atoms with Crippen molar-refractivity contribution in [3.8, 4) is 0 Å². The molecule has 0 radical (unpaired) electrons. The fraction of sp³-hybridized carbons (Fsp3) is 0.176. The maximum Gasteiger partial charge on any atom is 0.137 e. The number of hydrogen-bond donors (Lipinski definition) is 2. The third kappa shape index (κ3) is 2.35. The van der Waals surface area contributed by atoms with Gasteiger partial charge in [-0.25, -0.2) is 9.67 Å². The highest BCUT2D eigenvalue weighted by molar-refractivity contribution is 5.92. The van der Waals surface area contributed by atoms with E-state index in [0.29, 0.717) is 25.3 Å². The number of nitrogens with zero attached hydrogens (tertiary/aromatic N) is 5. The zero-order chi connectivity index (χ0) is 16.5. The molecule has 0 aliphatic heterocycles. The summed E-state index contributed by atoms with van der Waals surface area (Å²) in [6, 6.07) is 15.6. The molecular weight excluding hydrogens is 302 g/mol. The second-order valence-corrected chi connectivity index (χ2v) is 5.57. The van der Waals surface area contributed by atoms with Crippen LogP contribution in [0.1, 0.15) is 12.2 Å². The van der Waals surface area contributed by atoms with E-state index in [1.807, 2.05) is 57.8 Å². The predicted molar refractivity (Wildman–Crippen MR) is 93.2 cm³/mol. The van der Waals surface area contributed by atoms with E-state index in [2.05, 4.69) is 10.3 Å². The molecule has 0 fully saturated rings. The van der Waals surface area contributed by atoms with Gasteiger partial charge in [0, 0.05) is 6.42 Å². The Kier molecular flexibility index (Phi) is 3.55. The third-order valence-corrected chi connectivity index (χ3v) is 3.99. The summed E-state index contributed by atoms with van der Waals surface area (Å²) in [6.07, 6.45) is 0.492. The molecule has 0 aliphatic rings. The van der Waals surface area contributed by atoms with Gasteiger partial charge < -0.3 is 5.73 Å². The van der Waals surface area contributed by atoms with Crippen molar-refractivity contribution in [1.82, 2.24) is 24.5 Å². The van der Waals surface area contributed by atoms with Gasteiger partial charge in [0.2, 0.25) is 0 Å². The first-order valence-corrected chi connectivity index (χ1v) is 7.80. The van der Waals surface area contributed by atoms with E-state index in [1.165, 1.54) is 0 Å². The van der Waals surface area contributed by atoms with Crippen molar-refractivity contribution >= 4 is 27.9 Å². The smallest absolute Gasteiger partial charge is 0.137 e. The Morgan fingerprint density at radius 3 is 2.50 bits per heavy atom. The van der Waals surface area contributed by atoms with Crippen LogP contribution >= 0.6 is 0 Å². The largest absolute Gasteiger partial charge is 0.330 e. The molecule has 4 rings (SSSR count). The van der Waals surface area contributed by atoms with E-state index >= 15 is 0 Å². The summed E-state index contributed by atoms with van der Waals surface area (Å²) in [5, 5.41) is 16.8. The molecule has 0 saturated carbocycles. The van der Waals surface area contributed by atoms with Gasteiger partial charge in [0.25, 0.3) is 0 Å². The molecule has 0 aliphatic carbocycles. The van der Waals surface area contributed by atoms with Gasteiger partial charge in [-0.3, -0.25) is 9.98 Å². The molecule has 7 nitrogen and oxygen atoms in total. The van der Waals surface area contributed by atoms with Crippen LogP contribution in [0.25, 0.3) is 22.1 Å². The van der Waals surface area contributed by atoms with E-state index < -0.39 is 0 Å². The average Bonchev–Trinajstić information content (AvgIpc) is 3.17. The van der Waals surface area contributed by atoms with Crippen LogP contribution in [0.3, 0.4) is 0 Å². The number of para-hydroxylation sites is 3. The Morgan fingerprint density at radius 1 is 1.00 bits per heavy atom. The number of nitrogens with one attached hydrogen (secondary N) is 1. The molecule has 0 amide bonds. The highest BCUT2D eigenvalue weighted by Gasteiger charge is 2.15. The Labute approximate surface area is 138 Å². The van der Waals surface area contributed by atoms with E-state index in [4.69, 9.17) is 16.1 Å². The Balaban J connectivity index is 1.84. The fourth-order valence-electron chi connectivity index (χ4n) is 2.90. The highest BCUT2D eigenvalue weighted by Crippen LogP contribution is 2.19. The van der Waals surface area contributed by atoms with Crippen molar-refractivity contribution in [3.05, 3.63) is 54.4 Å². The summed E-state index contributed by atoms with van der Waals surface area (Å²) >= 11 is 0. The summed E-state index contributed by atoms with van der Waals surface area (Å²) in [5.41, 5.74) is 9.20. The molecule has 0 unspecified atom stereocenters. The minimum Gasteiger partial charge on any atom is -0.330 e. The summed E-state index contributed by atoms with van der Waals surface area (Å²) < 4.78 is 3.67. The standard InChI is InChI=1S/C17H17N7/c18-10-9-16(19)24-15-8-4-1-5-12(15)20-17(24)11-23-14-7-3-2-6-13(14)21-22-23/h1-8,19H,9-11,18H2. The molecule has 7 heteroatoms. The first kappa shape index (κ1) is 14.5. The molecule has 24 heavy (non-hydrogen) atoms. The second kappa shape index (κ2) is 5.86. The van der Waals surface area contributed by atoms with Gasteiger partial charge in [0.05, 0.1) is 16.6 Å². The lowest BCUT2D eigenvalue weighted by atomic mass is 10.3. The number of imidazole rings is 1. The normalized spacial score (nSPS) is 11.4. The number of benzene rings is 2. The Hall–Kier alpha value is -3.06. The van der Waals surface area contributed by atoms with Gasteiger partial charge >= 0.3 is 0 Å². The van der Waals surface area contributed by atoms with Crippen LogP contribution in [-0.4, -0.2) is 36.9 Å². The van der Waals surface area contributed by atoms with Crippen molar-refractivity contribution < 1.29 is 0 Å². The van der Waals surface area contributed by atoms with Gasteiger partial charge in [0.15, 0.2) is 0 Å². The van der Waals surface area contributed by atoms with E-state index in [9.17, 15) is 0 Å². The minimum atomic E-state index is 0.428. The van der Waals surface area contributed by atoms with Crippen LogP contribution in [0, 0.1) is 5.41 Å². The van der Waals surface area contributed by atoms with Gasteiger partial charge in [-0.05, 0) is 30.8 Å². The lowest BCUT2D eigenvalue weighted by Gasteiger charge is -2.10. The number of nitrogens with two attached hydrogens (primary N) is 1. The second-order valence-electron chi connectivity index (χ2n) is 5.57. The quantitative estimate of drug-likeness (QED) is 0.444. The van der Waals surface area contributed by atoms with Crippen LogP contribution in [0.2, 0.25) is 0 Å². The number of fused-ring (bicyclic) bond motifs is 2. The van der Waals surface area contributed by atoms with Gasteiger partial charge in [-0.15, -0.1) is 5.10 Å². The zero-order valence-corrected chi connectivity index (χ0v) is 13.1. The summed E-state index contributed by atoms with van der Waals surface area (Å²) in [7, 11) is 0. The van der Waals surface area contributed by atoms with Crippen molar-refractivity contribution in [2.45, 2.75) is 13.0 Å². The lowest BCUT2D eigenvalue weighted by molar-refractivity contribution is 0.640. The summed E-state index contributed by atoms with van der Waals surface area (Å²) in [5.74, 6) is 1.19. The van der Waals surface area contributed by atoms with E-state index in [1.54, 1.807) is 0 Å². The molecular formula is C17H17N7. The molecule has 120 valence electrons. The number of aromatic nitrogens is 5. The Bertz CT molecular complexity index is 1030. The average molecular weight is 319 g/mol. The van der Waals surface area contributed by atoms with Crippen molar-refractivity contribution in [3.63, 3.8) is 0 Å². The SMILES string of the molecule is N=C(CCN)n1c(Cn2nnc3ccccc32)nc2ccccc21. The van der Waals surface area contributed by atoms with Gasteiger partial charge in [0.1, 0.15) is 23.7 Å². The molecule has 4 aromatic rings. The zero-order valence-electron chi connectivity index (χ0n) is 13.1. The Morgan fingerprint density at radius 2 is 1.71 bits per heavy atom. The van der Waals surface area contributed by atoms with Crippen molar-refractivity contribution in [2.24, 2.45) is 5.73 Å². The monoisotopic (exact) mass is 319 g/mol. The highest BCUT2D eigenvalue weighted by atomic mass is 15.4. The van der Waals surface area contributed by atoms with Crippen molar-refractivity contribution in [2.75, 3.05) is 6.54 Å². The van der Waals surface area contributed by atoms with Gasteiger partial charge in [-0.1, -0.05) is 29.5 Å². The topological polar surface area (TPSA) is 98.4 Å². The molecule has 2 aromatic heterocycles. The first-order valence-electron chi connectivity index (χ1n) is 7.80. The molecule has 2 heterocycles. The van der Waals surface area contributed by atoms with Crippen LogP contribution in [-0.2, 0) is 6.54 Å².